The number of benzene rings is 2. The van der Waals surface area contributed by atoms with Gasteiger partial charge in [0.15, 0.2) is 5.11 Å². The van der Waals surface area contributed by atoms with Crippen molar-refractivity contribution in [1.29, 1.82) is 0 Å². The van der Waals surface area contributed by atoms with Gasteiger partial charge in [-0.05, 0) is 49.0 Å². The summed E-state index contributed by atoms with van der Waals surface area (Å²) in [5.41, 5.74) is 1.57. The first-order chi connectivity index (χ1) is 10.9. The highest BCUT2D eigenvalue weighted by molar-refractivity contribution is 7.80. The number of hydrogen-bond acceptors (Lipinski definition) is 3. The lowest BCUT2D eigenvalue weighted by Crippen LogP contribution is -2.34. The van der Waals surface area contributed by atoms with Gasteiger partial charge in [0.2, 0.25) is 0 Å². The number of halogens is 1. The van der Waals surface area contributed by atoms with E-state index in [1.165, 1.54) is 6.07 Å². The predicted octanol–water partition coefficient (Wildman–Crippen LogP) is 3.47. The molecule has 0 spiro atoms. The lowest BCUT2D eigenvalue weighted by Gasteiger charge is -2.12. The van der Waals surface area contributed by atoms with Crippen LogP contribution in [0.4, 0.5) is 5.69 Å². The maximum Gasteiger partial charge on any atom is 0.337 e. The Hall–Kier alpha value is -2.44. The molecule has 3 N–H and O–H groups in total. The SMILES string of the molecule is Cc1ccc(C(=O)NC(=S)Nc2ccccc2C(=O)O)cc1Cl. The number of carbonyl (C=O) groups is 2. The number of thiocarbonyl (C=S) groups is 1. The molecular formula is C16H13ClN2O3S. The summed E-state index contributed by atoms with van der Waals surface area (Å²) >= 11 is 11.0. The number of carboxylic acid groups (broad SMARTS) is 1. The summed E-state index contributed by atoms with van der Waals surface area (Å²) in [6.45, 7) is 1.83. The molecule has 5 nitrogen and oxygen atoms in total. The van der Waals surface area contributed by atoms with E-state index < -0.39 is 11.9 Å². The minimum Gasteiger partial charge on any atom is -0.478 e. The van der Waals surface area contributed by atoms with Crippen molar-refractivity contribution in [3.63, 3.8) is 0 Å². The number of rotatable bonds is 3. The molecule has 2 aromatic rings. The van der Waals surface area contributed by atoms with Crippen LogP contribution in [-0.4, -0.2) is 22.1 Å². The van der Waals surface area contributed by atoms with Gasteiger partial charge in [-0.1, -0.05) is 29.8 Å². The first kappa shape index (κ1) is 16.9. The molecule has 0 radical (unpaired) electrons. The minimum atomic E-state index is -1.09. The standard InChI is InChI=1S/C16H13ClN2O3S/c1-9-6-7-10(8-12(9)17)14(20)19-16(23)18-13-5-3-2-4-11(13)15(21)22/h2-8H,1H3,(H,21,22)(H2,18,19,20,23). The van der Waals surface area contributed by atoms with Crippen LogP contribution in [0.3, 0.4) is 0 Å². The van der Waals surface area contributed by atoms with E-state index in [0.29, 0.717) is 16.3 Å². The first-order valence-electron chi connectivity index (χ1n) is 6.59. The van der Waals surface area contributed by atoms with Crippen LogP contribution in [-0.2, 0) is 0 Å². The van der Waals surface area contributed by atoms with Gasteiger partial charge < -0.3 is 10.4 Å². The van der Waals surface area contributed by atoms with Crippen molar-refractivity contribution in [3.05, 3.63) is 64.2 Å². The zero-order valence-electron chi connectivity index (χ0n) is 12.1. The third-order valence-corrected chi connectivity index (χ3v) is 3.68. The highest BCUT2D eigenvalue weighted by Gasteiger charge is 2.13. The van der Waals surface area contributed by atoms with E-state index in [1.807, 2.05) is 6.92 Å². The number of aromatic carboxylic acids is 1. The molecule has 1 amide bonds. The van der Waals surface area contributed by atoms with Gasteiger partial charge >= 0.3 is 5.97 Å². The predicted molar refractivity (Wildman–Crippen MR) is 93.3 cm³/mol. The molecule has 2 rings (SSSR count). The van der Waals surface area contributed by atoms with Crippen LogP contribution in [0.5, 0.6) is 0 Å². The van der Waals surface area contributed by atoms with Gasteiger partial charge in [0.25, 0.3) is 5.91 Å². The van der Waals surface area contributed by atoms with Crippen molar-refractivity contribution in [2.45, 2.75) is 6.92 Å². The van der Waals surface area contributed by atoms with Crippen LogP contribution >= 0.6 is 23.8 Å². The fraction of sp³-hybridized carbons (Fsp3) is 0.0625. The first-order valence-corrected chi connectivity index (χ1v) is 7.38. The highest BCUT2D eigenvalue weighted by atomic mass is 35.5. The van der Waals surface area contributed by atoms with E-state index in [1.54, 1.807) is 36.4 Å². The zero-order chi connectivity index (χ0) is 17.0. The molecular weight excluding hydrogens is 336 g/mol. The number of carbonyl (C=O) groups excluding carboxylic acids is 1. The van der Waals surface area contributed by atoms with Crippen molar-refractivity contribution >= 4 is 46.5 Å². The van der Waals surface area contributed by atoms with Crippen LogP contribution in [0, 0.1) is 6.92 Å². The Bertz CT molecular complexity index is 793. The third kappa shape index (κ3) is 4.28. The maximum atomic E-state index is 12.1. The van der Waals surface area contributed by atoms with Crippen LogP contribution in [0.15, 0.2) is 42.5 Å². The van der Waals surface area contributed by atoms with Gasteiger partial charge in [0.05, 0.1) is 11.3 Å². The van der Waals surface area contributed by atoms with Gasteiger partial charge in [-0.25, -0.2) is 4.79 Å². The molecule has 0 aliphatic rings. The topological polar surface area (TPSA) is 78.4 Å². The van der Waals surface area contributed by atoms with Crippen molar-refractivity contribution < 1.29 is 14.7 Å². The van der Waals surface area contributed by atoms with Crippen LogP contribution in [0.1, 0.15) is 26.3 Å². The van der Waals surface area contributed by atoms with Gasteiger partial charge in [0.1, 0.15) is 0 Å². The average molecular weight is 349 g/mol. The second-order valence-electron chi connectivity index (χ2n) is 4.72. The minimum absolute atomic E-state index is 0.000368. The molecule has 0 fully saturated rings. The smallest absolute Gasteiger partial charge is 0.337 e. The molecule has 118 valence electrons. The number of carboxylic acids is 1. The Morgan fingerprint density at radius 3 is 2.52 bits per heavy atom. The van der Waals surface area contributed by atoms with Gasteiger partial charge in [-0.2, -0.15) is 0 Å². The van der Waals surface area contributed by atoms with E-state index in [4.69, 9.17) is 28.9 Å². The molecule has 0 unspecified atom stereocenters. The van der Waals surface area contributed by atoms with Crippen molar-refractivity contribution in [2.75, 3.05) is 5.32 Å². The summed E-state index contributed by atoms with van der Waals surface area (Å²) in [6, 6.07) is 11.2. The average Bonchev–Trinajstić information content (AvgIpc) is 2.50. The number of aryl methyl sites for hydroxylation is 1. The molecule has 0 atom stereocenters. The Kier molecular flexibility index (Phi) is 5.31. The second kappa shape index (κ2) is 7.21. The second-order valence-corrected chi connectivity index (χ2v) is 5.54. The molecule has 7 heteroatoms. The molecule has 0 bridgehead atoms. The molecule has 0 heterocycles. The normalized spacial score (nSPS) is 10.0. The van der Waals surface area contributed by atoms with E-state index in [2.05, 4.69) is 10.6 Å². The number of amides is 1. The van der Waals surface area contributed by atoms with Gasteiger partial charge in [0, 0.05) is 10.6 Å². The Morgan fingerprint density at radius 2 is 1.87 bits per heavy atom. The summed E-state index contributed by atoms with van der Waals surface area (Å²) < 4.78 is 0. The molecule has 0 aliphatic carbocycles. The van der Waals surface area contributed by atoms with Crippen LogP contribution in [0.2, 0.25) is 5.02 Å². The van der Waals surface area contributed by atoms with Gasteiger partial charge in [-0.3, -0.25) is 10.1 Å². The van der Waals surface area contributed by atoms with Crippen LogP contribution < -0.4 is 10.6 Å². The van der Waals surface area contributed by atoms with Gasteiger partial charge in [-0.15, -0.1) is 0 Å². The lowest BCUT2D eigenvalue weighted by atomic mass is 10.1. The molecule has 2 aromatic carbocycles. The Balaban J connectivity index is 2.09. The van der Waals surface area contributed by atoms with Crippen molar-refractivity contribution in [2.24, 2.45) is 0 Å². The van der Waals surface area contributed by atoms with Crippen molar-refractivity contribution in [1.82, 2.24) is 5.32 Å². The van der Waals surface area contributed by atoms with E-state index >= 15 is 0 Å². The zero-order valence-corrected chi connectivity index (χ0v) is 13.7. The molecule has 0 aliphatic heterocycles. The monoisotopic (exact) mass is 348 g/mol. The summed E-state index contributed by atoms with van der Waals surface area (Å²) in [4.78, 5) is 23.2. The molecule has 0 saturated heterocycles. The van der Waals surface area contributed by atoms with E-state index in [9.17, 15) is 9.59 Å². The Labute approximate surface area is 143 Å². The summed E-state index contributed by atoms with van der Waals surface area (Å²) in [5, 5.41) is 14.8. The number of nitrogens with one attached hydrogen (secondary N) is 2. The van der Waals surface area contributed by atoms with E-state index in [0.717, 1.165) is 5.56 Å². The Morgan fingerprint density at radius 1 is 1.17 bits per heavy atom. The molecule has 0 saturated carbocycles. The summed E-state index contributed by atoms with van der Waals surface area (Å²) in [5.74, 6) is -1.52. The fourth-order valence-corrected chi connectivity index (χ4v) is 2.22. The summed E-state index contributed by atoms with van der Waals surface area (Å²) in [6.07, 6.45) is 0. The summed E-state index contributed by atoms with van der Waals surface area (Å²) in [7, 11) is 0. The van der Waals surface area contributed by atoms with Crippen LogP contribution in [0.25, 0.3) is 0 Å². The fourth-order valence-electron chi connectivity index (χ4n) is 1.84. The number of hydrogen-bond donors (Lipinski definition) is 3. The third-order valence-electron chi connectivity index (χ3n) is 3.07. The maximum absolute atomic E-state index is 12.1. The molecule has 0 aromatic heterocycles. The largest absolute Gasteiger partial charge is 0.478 e. The lowest BCUT2D eigenvalue weighted by molar-refractivity contribution is 0.0698. The number of anilines is 1. The van der Waals surface area contributed by atoms with E-state index in [-0.39, 0.29) is 10.7 Å². The highest BCUT2D eigenvalue weighted by Crippen LogP contribution is 2.17. The van der Waals surface area contributed by atoms with Crippen molar-refractivity contribution in [3.8, 4) is 0 Å². The molecule has 23 heavy (non-hydrogen) atoms. The number of para-hydroxylation sites is 1. The quantitative estimate of drug-likeness (QED) is 0.740.